The maximum Gasteiger partial charge on any atom is 0.327 e. The third-order valence-electron chi connectivity index (χ3n) is 2.66. The SMILES string of the molecule is O=c1[nH]c(=O)c2[nH]c(C3CSCCN3)nc2[nH]1. The van der Waals surface area contributed by atoms with Gasteiger partial charge in [0.2, 0.25) is 0 Å². The zero-order valence-corrected chi connectivity index (χ0v) is 9.69. The fourth-order valence-electron chi connectivity index (χ4n) is 1.86. The Morgan fingerprint density at radius 1 is 1.24 bits per heavy atom. The van der Waals surface area contributed by atoms with Gasteiger partial charge in [-0.2, -0.15) is 11.8 Å². The second kappa shape index (κ2) is 4.04. The van der Waals surface area contributed by atoms with Gasteiger partial charge in [-0.15, -0.1) is 0 Å². The Morgan fingerprint density at radius 2 is 2.12 bits per heavy atom. The summed E-state index contributed by atoms with van der Waals surface area (Å²) in [6.45, 7) is 0.916. The molecular formula is C9H11N5O2S. The van der Waals surface area contributed by atoms with E-state index in [1.165, 1.54) is 0 Å². The lowest BCUT2D eigenvalue weighted by Crippen LogP contribution is -2.31. The van der Waals surface area contributed by atoms with Gasteiger partial charge in [-0.1, -0.05) is 0 Å². The van der Waals surface area contributed by atoms with Crippen molar-refractivity contribution in [3.63, 3.8) is 0 Å². The average molecular weight is 253 g/mol. The van der Waals surface area contributed by atoms with Crippen LogP contribution in [0, 0.1) is 0 Å². The fourth-order valence-corrected chi connectivity index (χ4v) is 2.80. The number of fused-ring (bicyclic) bond motifs is 1. The second-order valence-corrected chi connectivity index (χ2v) is 4.99. The Bertz CT molecular complexity index is 651. The second-order valence-electron chi connectivity index (χ2n) is 3.84. The van der Waals surface area contributed by atoms with Crippen molar-refractivity contribution in [3.05, 3.63) is 26.7 Å². The minimum atomic E-state index is -0.536. The lowest BCUT2D eigenvalue weighted by atomic mass is 10.3. The number of hydrogen-bond acceptors (Lipinski definition) is 5. The first-order chi connectivity index (χ1) is 8.24. The lowest BCUT2D eigenvalue weighted by molar-refractivity contribution is 0.570. The van der Waals surface area contributed by atoms with Crippen molar-refractivity contribution in [2.24, 2.45) is 0 Å². The van der Waals surface area contributed by atoms with Crippen LogP contribution in [-0.4, -0.2) is 38.0 Å². The van der Waals surface area contributed by atoms with Crippen molar-refractivity contribution < 1.29 is 0 Å². The molecule has 8 heteroatoms. The zero-order valence-electron chi connectivity index (χ0n) is 8.87. The highest BCUT2D eigenvalue weighted by Gasteiger charge is 2.19. The molecule has 2 aromatic rings. The van der Waals surface area contributed by atoms with E-state index in [4.69, 9.17) is 0 Å². The number of imidazole rings is 1. The first kappa shape index (κ1) is 10.6. The van der Waals surface area contributed by atoms with E-state index in [0.29, 0.717) is 17.0 Å². The zero-order chi connectivity index (χ0) is 11.8. The minimum absolute atomic E-state index is 0.101. The third-order valence-corrected chi connectivity index (χ3v) is 3.72. The summed E-state index contributed by atoms with van der Waals surface area (Å²) < 4.78 is 0. The van der Waals surface area contributed by atoms with Gasteiger partial charge in [0.05, 0.1) is 6.04 Å². The van der Waals surface area contributed by atoms with Crippen molar-refractivity contribution in [3.8, 4) is 0 Å². The summed E-state index contributed by atoms with van der Waals surface area (Å²) >= 11 is 1.83. The average Bonchev–Trinajstić information content (AvgIpc) is 2.74. The van der Waals surface area contributed by atoms with E-state index in [-0.39, 0.29) is 6.04 Å². The van der Waals surface area contributed by atoms with Crippen LogP contribution in [0.3, 0.4) is 0 Å². The quantitative estimate of drug-likeness (QED) is 0.538. The molecule has 3 rings (SSSR count). The molecule has 2 aromatic heterocycles. The summed E-state index contributed by atoms with van der Waals surface area (Å²) in [5, 5.41) is 3.31. The monoisotopic (exact) mass is 253 g/mol. The molecule has 17 heavy (non-hydrogen) atoms. The van der Waals surface area contributed by atoms with Crippen LogP contribution >= 0.6 is 11.8 Å². The fraction of sp³-hybridized carbons (Fsp3) is 0.444. The van der Waals surface area contributed by atoms with Crippen LogP contribution in [0.4, 0.5) is 0 Å². The van der Waals surface area contributed by atoms with Crippen LogP contribution in [0.15, 0.2) is 9.59 Å². The highest BCUT2D eigenvalue weighted by atomic mass is 32.2. The molecule has 1 fully saturated rings. The number of nitrogens with one attached hydrogen (secondary N) is 4. The molecule has 1 saturated heterocycles. The van der Waals surface area contributed by atoms with Gasteiger partial charge in [0.1, 0.15) is 11.3 Å². The van der Waals surface area contributed by atoms with Crippen molar-refractivity contribution in [1.29, 1.82) is 0 Å². The van der Waals surface area contributed by atoms with Crippen LogP contribution in [0.5, 0.6) is 0 Å². The maximum absolute atomic E-state index is 11.5. The molecule has 0 saturated carbocycles. The van der Waals surface area contributed by atoms with Crippen LogP contribution in [-0.2, 0) is 0 Å². The predicted molar refractivity (Wildman–Crippen MR) is 65.4 cm³/mol. The third kappa shape index (κ3) is 1.89. The highest BCUT2D eigenvalue weighted by molar-refractivity contribution is 7.99. The smallest absolute Gasteiger partial charge is 0.327 e. The molecule has 0 radical (unpaired) electrons. The highest BCUT2D eigenvalue weighted by Crippen LogP contribution is 2.20. The number of rotatable bonds is 1. The van der Waals surface area contributed by atoms with Gasteiger partial charge in [-0.3, -0.25) is 14.8 Å². The Hall–Kier alpha value is -1.54. The van der Waals surface area contributed by atoms with Crippen LogP contribution in [0.2, 0.25) is 0 Å². The molecule has 0 spiro atoms. The van der Waals surface area contributed by atoms with Gasteiger partial charge < -0.3 is 10.3 Å². The summed E-state index contributed by atoms with van der Waals surface area (Å²) in [6.07, 6.45) is 0. The summed E-state index contributed by atoms with van der Waals surface area (Å²) in [4.78, 5) is 34.5. The Kier molecular flexibility index (Phi) is 2.52. The molecule has 1 aliphatic rings. The Labute approximate surface area is 99.4 Å². The Morgan fingerprint density at radius 3 is 2.88 bits per heavy atom. The molecule has 3 heterocycles. The molecule has 0 aliphatic carbocycles. The van der Waals surface area contributed by atoms with E-state index in [2.05, 4.69) is 25.3 Å². The molecule has 0 aromatic carbocycles. The molecule has 1 atom stereocenters. The van der Waals surface area contributed by atoms with E-state index < -0.39 is 11.2 Å². The van der Waals surface area contributed by atoms with E-state index in [1.54, 1.807) is 0 Å². The number of H-pyrrole nitrogens is 3. The van der Waals surface area contributed by atoms with Crippen LogP contribution in [0.25, 0.3) is 11.2 Å². The van der Waals surface area contributed by atoms with Crippen molar-refractivity contribution in [2.75, 3.05) is 18.1 Å². The number of thioether (sulfide) groups is 1. The van der Waals surface area contributed by atoms with Gasteiger partial charge in [-0.05, 0) is 0 Å². The van der Waals surface area contributed by atoms with Crippen LogP contribution < -0.4 is 16.6 Å². The topological polar surface area (TPSA) is 106 Å². The molecular weight excluding hydrogens is 242 g/mol. The summed E-state index contributed by atoms with van der Waals surface area (Å²) in [5.41, 5.74) is -0.347. The van der Waals surface area contributed by atoms with Gasteiger partial charge in [0.25, 0.3) is 5.56 Å². The molecule has 1 aliphatic heterocycles. The Balaban J connectivity index is 2.09. The van der Waals surface area contributed by atoms with Crippen molar-refractivity contribution in [2.45, 2.75) is 6.04 Å². The molecule has 90 valence electrons. The summed E-state index contributed by atoms with van der Waals surface area (Å²) in [5.74, 6) is 2.68. The normalized spacial score (nSPS) is 20.8. The first-order valence-corrected chi connectivity index (χ1v) is 6.43. The van der Waals surface area contributed by atoms with E-state index in [0.717, 1.165) is 18.1 Å². The molecule has 7 nitrogen and oxygen atoms in total. The van der Waals surface area contributed by atoms with Crippen LogP contribution in [0.1, 0.15) is 11.9 Å². The molecule has 0 amide bonds. The maximum atomic E-state index is 11.5. The summed E-state index contributed by atoms with van der Waals surface area (Å²) in [7, 11) is 0. The molecule has 1 unspecified atom stereocenters. The number of aromatic amines is 3. The van der Waals surface area contributed by atoms with Crippen molar-refractivity contribution in [1.82, 2.24) is 25.3 Å². The molecule has 0 bridgehead atoms. The number of aromatic nitrogens is 4. The summed E-state index contributed by atoms with van der Waals surface area (Å²) in [6, 6.07) is 0.101. The van der Waals surface area contributed by atoms with Crippen molar-refractivity contribution >= 4 is 22.9 Å². The number of nitrogens with zero attached hydrogens (tertiary/aromatic N) is 1. The molecule has 4 N–H and O–H groups in total. The van der Waals surface area contributed by atoms with E-state index >= 15 is 0 Å². The largest absolute Gasteiger partial charge is 0.335 e. The van der Waals surface area contributed by atoms with E-state index in [1.807, 2.05) is 11.8 Å². The van der Waals surface area contributed by atoms with Gasteiger partial charge in [-0.25, -0.2) is 9.78 Å². The van der Waals surface area contributed by atoms with E-state index in [9.17, 15) is 9.59 Å². The number of hydrogen-bond donors (Lipinski definition) is 4. The lowest BCUT2D eigenvalue weighted by Gasteiger charge is -2.20. The minimum Gasteiger partial charge on any atom is -0.335 e. The predicted octanol–water partition coefficient (Wildman–Crippen LogP) is -0.683. The standard InChI is InChI=1S/C9H11N5O2S/c15-8-5-7(13-9(16)14-8)12-6(11-5)4-3-17-2-1-10-4/h4,10H,1-3H2,(H3,11,12,13,14,15,16). The van der Waals surface area contributed by atoms with Gasteiger partial charge in [0, 0.05) is 18.1 Å². The van der Waals surface area contributed by atoms with Gasteiger partial charge >= 0.3 is 5.69 Å². The van der Waals surface area contributed by atoms with Gasteiger partial charge in [0.15, 0.2) is 5.65 Å². The first-order valence-electron chi connectivity index (χ1n) is 5.27.